The second-order valence-electron chi connectivity index (χ2n) is 6.53. The van der Waals surface area contributed by atoms with Gasteiger partial charge in [-0.25, -0.2) is 12.7 Å². The van der Waals surface area contributed by atoms with E-state index in [4.69, 9.17) is 11.6 Å². The van der Waals surface area contributed by atoms with Crippen LogP contribution in [0.5, 0.6) is 0 Å². The maximum absolute atomic E-state index is 12.7. The van der Waals surface area contributed by atoms with E-state index in [1.807, 2.05) is 49.3 Å². The zero-order valence-corrected chi connectivity index (χ0v) is 17.4. The first-order valence-electron chi connectivity index (χ1n) is 8.36. The molecule has 0 spiro atoms. The van der Waals surface area contributed by atoms with Gasteiger partial charge in [0.15, 0.2) is 0 Å². The molecule has 0 aromatic heterocycles. The summed E-state index contributed by atoms with van der Waals surface area (Å²) in [6.45, 7) is 0.358. The maximum atomic E-state index is 12.7. The highest BCUT2D eigenvalue weighted by atomic mass is 35.5. The Kier molecular flexibility index (Phi) is 7.00. The van der Waals surface area contributed by atoms with Gasteiger partial charge in [0.1, 0.15) is 0 Å². The van der Waals surface area contributed by atoms with E-state index in [-0.39, 0.29) is 21.5 Å². The molecular formula is C19H24ClN3O3S. The van der Waals surface area contributed by atoms with Crippen molar-refractivity contribution in [1.82, 2.24) is 14.5 Å². The van der Waals surface area contributed by atoms with Crippen LogP contribution in [0.4, 0.5) is 0 Å². The number of sulfonamides is 1. The van der Waals surface area contributed by atoms with Gasteiger partial charge in [-0.1, -0.05) is 41.9 Å². The summed E-state index contributed by atoms with van der Waals surface area (Å²) in [6, 6.07) is 13.9. The zero-order chi connectivity index (χ0) is 20.2. The van der Waals surface area contributed by atoms with E-state index in [0.717, 1.165) is 9.87 Å². The molecule has 0 saturated carbocycles. The summed E-state index contributed by atoms with van der Waals surface area (Å²) in [7, 11) is 3.08. The number of carbonyl (C=O) groups is 1. The molecule has 0 radical (unpaired) electrons. The standard InChI is InChI=1S/C19H24ClN3O3S/c1-22(2)18(14-8-6-5-7-9-14)13-21-19(24)16-12-15(10-11-17(16)20)27(25,26)23(3)4/h5-12,18H,13H2,1-4H3,(H,21,24). The molecule has 8 heteroatoms. The molecule has 146 valence electrons. The Bertz CT molecular complexity index is 900. The lowest BCUT2D eigenvalue weighted by Gasteiger charge is -2.25. The molecule has 0 aliphatic rings. The number of amides is 1. The minimum absolute atomic E-state index is 0.0225. The van der Waals surface area contributed by atoms with Gasteiger partial charge in [0.2, 0.25) is 10.0 Å². The van der Waals surface area contributed by atoms with Crippen LogP contribution in [0, 0.1) is 0 Å². The topological polar surface area (TPSA) is 69.7 Å². The Labute approximate surface area is 165 Å². The molecular weight excluding hydrogens is 386 g/mol. The number of benzene rings is 2. The van der Waals surface area contributed by atoms with Crippen molar-refractivity contribution in [2.45, 2.75) is 10.9 Å². The first kappa shape index (κ1) is 21.4. The van der Waals surface area contributed by atoms with Crippen LogP contribution in [0.15, 0.2) is 53.4 Å². The zero-order valence-electron chi connectivity index (χ0n) is 15.8. The molecule has 6 nitrogen and oxygen atoms in total. The third-order valence-corrected chi connectivity index (χ3v) is 6.37. The van der Waals surface area contributed by atoms with E-state index in [1.165, 1.54) is 32.3 Å². The van der Waals surface area contributed by atoms with Crippen molar-refractivity contribution in [1.29, 1.82) is 0 Å². The number of nitrogens with one attached hydrogen (secondary N) is 1. The molecule has 27 heavy (non-hydrogen) atoms. The third-order valence-electron chi connectivity index (χ3n) is 4.22. The average Bonchev–Trinajstić information content (AvgIpc) is 2.62. The number of likely N-dealkylation sites (N-methyl/N-ethyl adjacent to an activating group) is 1. The van der Waals surface area contributed by atoms with E-state index in [2.05, 4.69) is 5.32 Å². The van der Waals surface area contributed by atoms with Gasteiger partial charge in [0.05, 0.1) is 21.5 Å². The van der Waals surface area contributed by atoms with Crippen molar-refractivity contribution < 1.29 is 13.2 Å². The molecule has 0 fully saturated rings. The van der Waals surface area contributed by atoms with Crippen molar-refractivity contribution >= 4 is 27.5 Å². The van der Waals surface area contributed by atoms with E-state index >= 15 is 0 Å². The van der Waals surface area contributed by atoms with E-state index < -0.39 is 15.9 Å². The van der Waals surface area contributed by atoms with Gasteiger partial charge >= 0.3 is 0 Å². The Morgan fingerprint density at radius 3 is 2.26 bits per heavy atom. The van der Waals surface area contributed by atoms with Crippen LogP contribution in [0.2, 0.25) is 5.02 Å². The highest BCUT2D eigenvalue weighted by molar-refractivity contribution is 7.89. The fourth-order valence-electron chi connectivity index (χ4n) is 2.61. The lowest BCUT2D eigenvalue weighted by Crippen LogP contribution is -2.34. The number of hydrogen-bond donors (Lipinski definition) is 1. The minimum Gasteiger partial charge on any atom is -0.350 e. The second kappa shape index (κ2) is 8.84. The molecule has 1 N–H and O–H groups in total. The van der Waals surface area contributed by atoms with Crippen LogP contribution < -0.4 is 5.32 Å². The number of nitrogens with zero attached hydrogens (tertiary/aromatic N) is 2. The normalized spacial score (nSPS) is 13.0. The van der Waals surface area contributed by atoms with Crippen molar-refractivity contribution in [2.75, 3.05) is 34.7 Å². The van der Waals surface area contributed by atoms with Gasteiger partial charge in [-0.3, -0.25) is 4.79 Å². The molecule has 0 heterocycles. The molecule has 0 aliphatic heterocycles. The predicted molar refractivity (Wildman–Crippen MR) is 108 cm³/mol. The van der Waals surface area contributed by atoms with Crippen LogP contribution in [0.3, 0.4) is 0 Å². The molecule has 1 atom stereocenters. The minimum atomic E-state index is -3.65. The summed E-state index contributed by atoms with van der Waals surface area (Å²) >= 11 is 6.14. The summed E-state index contributed by atoms with van der Waals surface area (Å²) in [5.41, 5.74) is 1.20. The molecule has 1 unspecified atom stereocenters. The van der Waals surface area contributed by atoms with Crippen LogP contribution >= 0.6 is 11.6 Å². The number of carbonyl (C=O) groups excluding carboxylic acids is 1. The molecule has 2 aromatic rings. The van der Waals surface area contributed by atoms with Crippen LogP contribution in [-0.2, 0) is 10.0 Å². The van der Waals surface area contributed by atoms with Crippen molar-refractivity contribution in [3.8, 4) is 0 Å². The first-order chi connectivity index (χ1) is 12.6. The number of hydrogen-bond acceptors (Lipinski definition) is 4. The Balaban J connectivity index is 2.23. The largest absolute Gasteiger partial charge is 0.350 e. The summed E-state index contributed by atoms with van der Waals surface area (Å²) < 4.78 is 25.7. The monoisotopic (exact) mass is 409 g/mol. The van der Waals surface area contributed by atoms with Gasteiger partial charge in [-0.2, -0.15) is 0 Å². The first-order valence-corrected chi connectivity index (χ1v) is 10.2. The van der Waals surface area contributed by atoms with Gasteiger partial charge in [-0.05, 0) is 37.9 Å². The van der Waals surface area contributed by atoms with Crippen LogP contribution in [-0.4, -0.2) is 58.3 Å². The molecule has 0 bridgehead atoms. The third kappa shape index (κ3) is 5.07. The molecule has 0 aliphatic carbocycles. The smallest absolute Gasteiger partial charge is 0.252 e. The summed E-state index contributed by atoms with van der Waals surface area (Å²) in [5, 5.41) is 3.05. The molecule has 1 amide bonds. The van der Waals surface area contributed by atoms with E-state index in [1.54, 1.807) is 0 Å². The molecule has 2 rings (SSSR count). The Morgan fingerprint density at radius 2 is 1.70 bits per heavy atom. The lowest BCUT2D eigenvalue weighted by atomic mass is 10.1. The van der Waals surface area contributed by atoms with Gasteiger partial charge in [0.25, 0.3) is 5.91 Å². The fourth-order valence-corrected chi connectivity index (χ4v) is 3.74. The predicted octanol–water partition coefficient (Wildman–Crippen LogP) is 2.62. The Hall–Kier alpha value is -1.93. The number of rotatable bonds is 7. The van der Waals surface area contributed by atoms with Crippen LogP contribution in [0.25, 0.3) is 0 Å². The quantitative estimate of drug-likeness (QED) is 0.763. The van der Waals surface area contributed by atoms with Gasteiger partial charge < -0.3 is 10.2 Å². The lowest BCUT2D eigenvalue weighted by molar-refractivity contribution is 0.0942. The van der Waals surface area contributed by atoms with Crippen LogP contribution in [0.1, 0.15) is 22.0 Å². The summed E-state index contributed by atoms with van der Waals surface area (Å²) in [6.07, 6.45) is 0. The highest BCUT2D eigenvalue weighted by Crippen LogP contribution is 2.23. The van der Waals surface area contributed by atoms with Gasteiger partial charge in [-0.15, -0.1) is 0 Å². The van der Waals surface area contributed by atoms with Crippen molar-refractivity contribution in [2.24, 2.45) is 0 Å². The van der Waals surface area contributed by atoms with Gasteiger partial charge in [0, 0.05) is 20.6 Å². The fraction of sp³-hybridized carbons (Fsp3) is 0.316. The van der Waals surface area contributed by atoms with Crippen molar-refractivity contribution in [3.05, 3.63) is 64.7 Å². The average molecular weight is 410 g/mol. The summed E-state index contributed by atoms with van der Waals surface area (Å²) in [5.74, 6) is -0.418. The molecule has 2 aromatic carbocycles. The second-order valence-corrected chi connectivity index (χ2v) is 9.09. The highest BCUT2D eigenvalue weighted by Gasteiger charge is 2.22. The Morgan fingerprint density at radius 1 is 1.07 bits per heavy atom. The van der Waals surface area contributed by atoms with E-state index in [0.29, 0.717) is 6.54 Å². The molecule has 0 saturated heterocycles. The number of halogens is 1. The SMILES string of the molecule is CN(C)C(CNC(=O)c1cc(S(=O)(=O)N(C)C)ccc1Cl)c1ccccc1. The summed E-state index contributed by atoms with van der Waals surface area (Å²) in [4.78, 5) is 14.7. The maximum Gasteiger partial charge on any atom is 0.252 e. The van der Waals surface area contributed by atoms with Crippen molar-refractivity contribution in [3.63, 3.8) is 0 Å². The van der Waals surface area contributed by atoms with E-state index in [9.17, 15) is 13.2 Å².